The number of carbonyl (C=O) groups excluding carboxylic acids is 1. The third-order valence-electron chi connectivity index (χ3n) is 3.13. The Morgan fingerprint density at radius 3 is 2.82 bits per heavy atom. The monoisotopic (exact) mass is 258 g/mol. The minimum absolute atomic E-state index is 0.0266. The molecule has 3 N–H and O–H groups in total. The molecule has 1 rings (SSSR count). The summed E-state index contributed by atoms with van der Waals surface area (Å²) < 4.78 is 5.54. The summed E-state index contributed by atoms with van der Waals surface area (Å²) in [5.41, 5.74) is 5.59. The normalized spacial score (nSPS) is 23.1. The lowest BCUT2D eigenvalue weighted by Gasteiger charge is -2.23. The van der Waals surface area contributed by atoms with Crippen LogP contribution in [0.3, 0.4) is 0 Å². The molecule has 3 unspecified atom stereocenters. The summed E-state index contributed by atoms with van der Waals surface area (Å²) >= 11 is 4.93. The van der Waals surface area contributed by atoms with E-state index in [0.29, 0.717) is 6.42 Å². The highest BCUT2D eigenvalue weighted by Crippen LogP contribution is 2.16. The molecule has 3 atom stereocenters. The number of ether oxygens (including phenoxy) is 1. The summed E-state index contributed by atoms with van der Waals surface area (Å²) in [6.45, 7) is 4.77. The van der Waals surface area contributed by atoms with Crippen molar-refractivity contribution in [3.63, 3.8) is 0 Å². The van der Waals surface area contributed by atoms with Crippen molar-refractivity contribution in [1.82, 2.24) is 5.32 Å². The zero-order chi connectivity index (χ0) is 12.8. The van der Waals surface area contributed by atoms with Crippen LogP contribution in [0.5, 0.6) is 0 Å². The first-order valence-corrected chi connectivity index (χ1v) is 6.68. The molecule has 1 heterocycles. The second-order valence-corrected chi connectivity index (χ2v) is 5.06. The van der Waals surface area contributed by atoms with Gasteiger partial charge in [0.1, 0.15) is 0 Å². The van der Waals surface area contributed by atoms with Gasteiger partial charge in [-0.2, -0.15) is 0 Å². The molecule has 0 aromatic heterocycles. The van der Waals surface area contributed by atoms with Crippen molar-refractivity contribution < 1.29 is 9.53 Å². The minimum atomic E-state index is -0.348. The van der Waals surface area contributed by atoms with Gasteiger partial charge in [-0.3, -0.25) is 4.79 Å². The number of carbonyl (C=O) groups is 1. The van der Waals surface area contributed by atoms with Crippen LogP contribution in [0.15, 0.2) is 0 Å². The van der Waals surface area contributed by atoms with E-state index in [0.717, 1.165) is 25.9 Å². The molecule has 1 saturated heterocycles. The topological polar surface area (TPSA) is 64.3 Å². The summed E-state index contributed by atoms with van der Waals surface area (Å²) in [6, 6.07) is 0.0266. The lowest BCUT2D eigenvalue weighted by Crippen LogP contribution is -2.46. The molecule has 98 valence electrons. The van der Waals surface area contributed by atoms with Crippen LogP contribution in [-0.4, -0.2) is 29.6 Å². The zero-order valence-corrected chi connectivity index (χ0v) is 11.4. The van der Waals surface area contributed by atoms with Gasteiger partial charge in [-0.05, 0) is 26.2 Å². The fourth-order valence-corrected chi connectivity index (χ4v) is 2.33. The smallest absolute Gasteiger partial charge is 0.230 e. The van der Waals surface area contributed by atoms with Gasteiger partial charge in [0, 0.05) is 6.61 Å². The Kier molecular flexibility index (Phi) is 5.85. The van der Waals surface area contributed by atoms with Crippen LogP contribution in [0.2, 0.25) is 0 Å². The number of hydrogen-bond donors (Lipinski definition) is 2. The number of rotatable bonds is 6. The molecule has 5 heteroatoms. The quantitative estimate of drug-likeness (QED) is 0.706. The lowest BCUT2D eigenvalue weighted by molar-refractivity contribution is -0.124. The van der Waals surface area contributed by atoms with Gasteiger partial charge in [0.25, 0.3) is 0 Å². The Balaban J connectivity index is 2.47. The number of nitrogens with one attached hydrogen (secondary N) is 1. The van der Waals surface area contributed by atoms with Gasteiger partial charge < -0.3 is 15.8 Å². The van der Waals surface area contributed by atoms with E-state index in [4.69, 9.17) is 22.7 Å². The maximum Gasteiger partial charge on any atom is 0.230 e. The van der Waals surface area contributed by atoms with E-state index in [9.17, 15) is 4.79 Å². The number of nitrogens with two attached hydrogens (primary N) is 1. The largest absolute Gasteiger partial charge is 0.393 e. The van der Waals surface area contributed by atoms with Crippen LogP contribution in [-0.2, 0) is 9.53 Å². The third-order valence-corrected chi connectivity index (χ3v) is 3.41. The highest BCUT2D eigenvalue weighted by molar-refractivity contribution is 7.80. The standard InChI is InChI=1S/C12H22N2O2S/c1-3-5-9(11(13)17)12(15)14-8(2)10-6-4-7-16-10/h8-10H,3-7H2,1-2H3,(H2,13,17)(H,14,15). The molecule has 0 spiro atoms. The maximum atomic E-state index is 12.0. The number of hydrogen-bond acceptors (Lipinski definition) is 3. The number of thiocarbonyl (C=S) groups is 1. The van der Waals surface area contributed by atoms with Crippen LogP contribution < -0.4 is 11.1 Å². The van der Waals surface area contributed by atoms with Gasteiger partial charge in [-0.25, -0.2) is 0 Å². The minimum Gasteiger partial charge on any atom is -0.393 e. The fraction of sp³-hybridized carbons (Fsp3) is 0.833. The summed E-state index contributed by atoms with van der Waals surface area (Å²) in [5.74, 6) is -0.416. The Labute approximate surface area is 108 Å². The molecule has 0 aromatic carbocycles. The predicted octanol–water partition coefficient (Wildman–Crippen LogP) is 1.37. The van der Waals surface area contributed by atoms with Crippen molar-refractivity contribution in [1.29, 1.82) is 0 Å². The molecule has 0 saturated carbocycles. The van der Waals surface area contributed by atoms with Crippen molar-refractivity contribution in [3.05, 3.63) is 0 Å². The maximum absolute atomic E-state index is 12.0. The van der Waals surface area contributed by atoms with Crippen LogP contribution in [0.4, 0.5) is 0 Å². The van der Waals surface area contributed by atoms with Crippen LogP contribution >= 0.6 is 12.2 Å². The van der Waals surface area contributed by atoms with Gasteiger partial charge in [0.15, 0.2) is 0 Å². The fourth-order valence-electron chi connectivity index (χ4n) is 2.11. The molecule has 17 heavy (non-hydrogen) atoms. The summed E-state index contributed by atoms with van der Waals surface area (Å²) in [7, 11) is 0. The lowest BCUT2D eigenvalue weighted by atomic mass is 10.0. The van der Waals surface area contributed by atoms with E-state index in [1.165, 1.54) is 0 Å². The molecule has 1 fully saturated rings. The molecule has 0 bridgehead atoms. The molecule has 4 nitrogen and oxygen atoms in total. The van der Waals surface area contributed by atoms with Crippen molar-refractivity contribution >= 4 is 23.1 Å². The molecule has 1 aliphatic heterocycles. The summed E-state index contributed by atoms with van der Waals surface area (Å²) in [6.07, 6.45) is 3.81. The van der Waals surface area contributed by atoms with Crippen LogP contribution in [0.1, 0.15) is 39.5 Å². The first kappa shape index (κ1) is 14.4. The van der Waals surface area contributed by atoms with E-state index < -0.39 is 0 Å². The molecular formula is C12H22N2O2S. The summed E-state index contributed by atoms with van der Waals surface area (Å²) in [4.78, 5) is 12.3. The first-order chi connectivity index (χ1) is 8.06. The second-order valence-electron chi connectivity index (χ2n) is 4.59. The molecule has 0 aliphatic carbocycles. The Morgan fingerprint density at radius 1 is 1.65 bits per heavy atom. The van der Waals surface area contributed by atoms with Crippen LogP contribution in [0.25, 0.3) is 0 Å². The van der Waals surface area contributed by atoms with Gasteiger partial charge in [-0.15, -0.1) is 0 Å². The van der Waals surface area contributed by atoms with E-state index >= 15 is 0 Å². The van der Waals surface area contributed by atoms with Crippen molar-refractivity contribution in [2.45, 2.75) is 51.7 Å². The Hall–Kier alpha value is -0.680. The van der Waals surface area contributed by atoms with Gasteiger partial charge in [0.2, 0.25) is 5.91 Å². The van der Waals surface area contributed by atoms with Crippen molar-refractivity contribution in [2.75, 3.05) is 6.61 Å². The first-order valence-electron chi connectivity index (χ1n) is 6.27. The van der Waals surface area contributed by atoms with Crippen molar-refractivity contribution in [3.8, 4) is 0 Å². The molecule has 0 aromatic rings. The molecule has 1 amide bonds. The molecular weight excluding hydrogens is 236 g/mol. The second kappa shape index (κ2) is 6.91. The van der Waals surface area contributed by atoms with E-state index in [1.54, 1.807) is 0 Å². The highest BCUT2D eigenvalue weighted by Gasteiger charge is 2.27. The Bertz CT molecular complexity index is 278. The van der Waals surface area contributed by atoms with E-state index in [-0.39, 0.29) is 29.0 Å². The van der Waals surface area contributed by atoms with Gasteiger partial charge in [-0.1, -0.05) is 25.6 Å². The zero-order valence-electron chi connectivity index (χ0n) is 10.6. The van der Waals surface area contributed by atoms with Gasteiger partial charge >= 0.3 is 0 Å². The SMILES string of the molecule is CCCC(C(=O)NC(C)C1CCCO1)C(N)=S. The summed E-state index contributed by atoms with van der Waals surface area (Å²) in [5, 5.41) is 2.96. The van der Waals surface area contributed by atoms with Gasteiger partial charge in [0.05, 0.1) is 23.1 Å². The highest BCUT2D eigenvalue weighted by atomic mass is 32.1. The molecule has 0 radical (unpaired) electrons. The average molecular weight is 258 g/mol. The number of amides is 1. The predicted molar refractivity (Wildman–Crippen MR) is 71.8 cm³/mol. The molecule has 1 aliphatic rings. The third kappa shape index (κ3) is 4.24. The van der Waals surface area contributed by atoms with E-state index in [1.807, 2.05) is 13.8 Å². The van der Waals surface area contributed by atoms with E-state index in [2.05, 4.69) is 5.32 Å². The van der Waals surface area contributed by atoms with Crippen molar-refractivity contribution in [2.24, 2.45) is 11.7 Å². The Morgan fingerprint density at radius 2 is 2.35 bits per heavy atom. The van der Waals surface area contributed by atoms with Crippen LogP contribution in [0, 0.1) is 5.92 Å². The average Bonchev–Trinajstić information content (AvgIpc) is 2.78.